The number of aliphatic imine (C=N–C) groups is 1. The van der Waals surface area contributed by atoms with E-state index in [0.29, 0.717) is 0 Å². The van der Waals surface area contributed by atoms with Crippen LogP contribution in [0.15, 0.2) is 69.8 Å². The van der Waals surface area contributed by atoms with E-state index in [0.717, 1.165) is 16.1 Å². The second-order valence-corrected chi connectivity index (χ2v) is 6.19. The highest BCUT2D eigenvalue weighted by Crippen LogP contribution is 2.27. The predicted octanol–water partition coefficient (Wildman–Crippen LogP) is 5.32. The molecule has 0 aromatic heterocycles. The van der Waals surface area contributed by atoms with Crippen molar-refractivity contribution in [3.63, 3.8) is 0 Å². The fraction of sp³-hybridized carbons (Fsp3) is 0.167. The standard InChI is InChI=1S/C18H19BNS/c1-13-9-5-7-11-17(13)20-15(3)19-16(4)21-18-12-8-6-10-14(18)2/h5-12H,4H2,1-3H3. The smallest absolute Gasteiger partial charge is 0.219 e. The molecule has 3 heteroatoms. The van der Waals surface area contributed by atoms with Crippen molar-refractivity contribution in [2.75, 3.05) is 0 Å². The molecule has 21 heavy (non-hydrogen) atoms. The molecule has 0 fully saturated rings. The van der Waals surface area contributed by atoms with Crippen LogP contribution in [-0.2, 0) is 0 Å². The van der Waals surface area contributed by atoms with Crippen LogP contribution < -0.4 is 0 Å². The van der Waals surface area contributed by atoms with Gasteiger partial charge in [0.2, 0.25) is 7.28 Å². The predicted molar refractivity (Wildman–Crippen MR) is 95.9 cm³/mol. The van der Waals surface area contributed by atoms with E-state index in [4.69, 9.17) is 0 Å². The van der Waals surface area contributed by atoms with Crippen LogP contribution in [0.2, 0.25) is 0 Å². The lowest BCUT2D eigenvalue weighted by molar-refractivity contribution is 1.31. The Morgan fingerprint density at radius 3 is 2.29 bits per heavy atom. The zero-order valence-electron chi connectivity index (χ0n) is 12.8. The fourth-order valence-electron chi connectivity index (χ4n) is 1.99. The first-order chi connectivity index (χ1) is 10.1. The normalized spacial score (nSPS) is 11.3. The van der Waals surface area contributed by atoms with Crippen LogP contribution in [0.4, 0.5) is 5.69 Å². The van der Waals surface area contributed by atoms with Crippen molar-refractivity contribution < 1.29 is 0 Å². The Hall–Kier alpha value is -1.74. The SMILES string of the molecule is C=C([B]C(C)=Nc1ccccc1C)Sc1ccccc1C. The lowest BCUT2D eigenvalue weighted by Crippen LogP contribution is -2.05. The van der Waals surface area contributed by atoms with E-state index in [1.165, 1.54) is 16.0 Å². The number of thioether (sulfide) groups is 1. The molecule has 0 amide bonds. The molecule has 0 atom stereocenters. The van der Waals surface area contributed by atoms with Crippen molar-refractivity contribution in [3.8, 4) is 0 Å². The minimum absolute atomic E-state index is 0.968. The lowest BCUT2D eigenvalue weighted by Gasteiger charge is -2.07. The fourth-order valence-corrected chi connectivity index (χ4v) is 2.87. The van der Waals surface area contributed by atoms with Gasteiger partial charge in [-0.2, -0.15) is 0 Å². The minimum atomic E-state index is 0.968. The Morgan fingerprint density at radius 1 is 1.00 bits per heavy atom. The summed E-state index contributed by atoms with van der Waals surface area (Å²) in [5.41, 5.74) is 4.43. The van der Waals surface area contributed by atoms with Gasteiger partial charge >= 0.3 is 0 Å². The van der Waals surface area contributed by atoms with Crippen molar-refractivity contribution in [1.82, 2.24) is 0 Å². The number of hydrogen-bond donors (Lipinski definition) is 0. The molecule has 0 saturated heterocycles. The van der Waals surface area contributed by atoms with Gasteiger partial charge in [0.25, 0.3) is 0 Å². The number of para-hydroxylation sites is 1. The van der Waals surface area contributed by atoms with Crippen LogP contribution in [0, 0.1) is 13.8 Å². The molecule has 0 heterocycles. The van der Waals surface area contributed by atoms with Crippen LogP contribution in [-0.4, -0.2) is 12.9 Å². The molecule has 1 nitrogen and oxygen atoms in total. The third kappa shape index (κ3) is 4.64. The summed E-state index contributed by atoms with van der Waals surface area (Å²) in [4.78, 5) is 6.89. The first-order valence-electron chi connectivity index (χ1n) is 6.94. The van der Waals surface area contributed by atoms with Crippen LogP contribution >= 0.6 is 11.8 Å². The highest BCUT2D eigenvalue weighted by atomic mass is 32.2. The maximum atomic E-state index is 4.65. The average Bonchev–Trinajstić information content (AvgIpc) is 2.44. The molecule has 2 aromatic carbocycles. The van der Waals surface area contributed by atoms with Crippen molar-refractivity contribution in [1.29, 1.82) is 0 Å². The van der Waals surface area contributed by atoms with Crippen LogP contribution in [0.5, 0.6) is 0 Å². The number of aryl methyl sites for hydroxylation is 2. The summed E-state index contributed by atoms with van der Waals surface area (Å²) in [5.74, 6) is 0. The van der Waals surface area contributed by atoms with Crippen molar-refractivity contribution in [2.24, 2.45) is 4.99 Å². The summed E-state index contributed by atoms with van der Waals surface area (Å²) < 4.78 is 0. The number of benzene rings is 2. The topological polar surface area (TPSA) is 12.4 Å². The first-order valence-corrected chi connectivity index (χ1v) is 7.76. The minimum Gasteiger partial charge on any atom is -0.268 e. The quantitative estimate of drug-likeness (QED) is 0.412. The summed E-state index contributed by atoms with van der Waals surface area (Å²) in [6.45, 7) is 10.3. The van der Waals surface area contributed by atoms with E-state index >= 15 is 0 Å². The van der Waals surface area contributed by atoms with E-state index in [1.54, 1.807) is 11.8 Å². The highest BCUT2D eigenvalue weighted by molar-refractivity contribution is 8.05. The maximum absolute atomic E-state index is 4.65. The summed E-state index contributed by atoms with van der Waals surface area (Å²) >= 11 is 1.68. The van der Waals surface area contributed by atoms with E-state index in [9.17, 15) is 0 Å². The highest BCUT2D eigenvalue weighted by Gasteiger charge is 2.05. The van der Waals surface area contributed by atoms with Gasteiger partial charge in [-0.3, -0.25) is 4.99 Å². The Bertz CT molecular complexity index is 676. The van der Waals surface area contributed by atoms with Crippen LogP contribution in [0.25, 0.3) is 0 Å². The van der Waals surface area contributed by atoms with Gasteiger partial charge in [0, 0.05) is 4.90 Å². The lowest BCUT2D eigenvalue weighted by atomic mass is 9.73. The van der Waals surface area contributed by atoms with Gasteiger partial charge in [0.1, 0.15) is 0 Å². The number of rotatable bonds is 5. The molecule has 0 spiro atoms. The van der Waals surface area contributed by atoms with Gasteiger partial charge in [-0.05, 0) is 49.6 Å². The molecular formula is C18H19BNS. The third-order valence-electron chi connectivity index (χ3n) is 3.12. The van der Waals surface area contributed by atoms with E-state index in [1.807, 2.05) is 32.4 Å². The molecule has 0 N–H and O–H groups in total. The van der Waals surface area contributed by atoms with Crippen LogP contribution in [0.3, 0.4) is 0 Å². The molecular weight excluding hydrogens is 273 g/mol. The van der Waals surface area contributed by atoms with Crippen LogP contribution in [0.1, 0.15) is 18.1 Å². The Balaban J connectivity index is 2.03. The molecule has 0 aliphatic carbocycles. The first kappa shape index (κ1) is 15.6. The largest absolute Gasteiger partial charge is 0.268 e. The molecule has 0 aliphatic rings. The second kappa shape index (κ2) is 7.32. The van der Waals surface area contributed by atoms with Gasteiger partial charge in [-0.1, -0.05) is 47.8 Å². The summed E-state index contributed by atoms with van der Waals surface area (Å²) in [7, 11) is 2.03. The summed E-state index contributed by atoms with van der Waals surface area (Å²) in [5, 5.41) is 0. The third-order valence-corrected chi connectivity index (χ3v) is 4.17. The molecule has 2 rings (SSSR count). The molecule has 0 aliphatic heterocycles. The number of hydrogen-bond acceptors (Lipinski definition) is 2. The Morgan fingerprint density at radius 2 is 1.62 bits per heavy atom. The zero-order valence-corrected chi connectivity index (χ0v) is 13.6. The molecule has 1 radical (unpaired) electrons. The van der Waals surface area contributed by atoms with E-state index in [2.05, 4.69) is 55.8 Å². The van der Waals surface area contributed by atoms with Gasteiger partial charge in [0.15, 0.2) is 0 Å². The molecule has 0 saturated carbocycles. The molecule has 2 aromatic rings. The van der Waals surface area contributed by atoms with Gasteiger partial charge in [0.05, 0.1) is 5.69 Å². The van der Waals surface area contributed by atoms with E-state index < -0.39 is 0 Å². The molecule has 105 valence electrons. The zero-order chi connectivity index (χ0) is 15.2. The summed E-state index contributed by atoms with van der Waals surface area (Å²) in [6.07, 6.45) is 0. The van der Waals surface area contributed by atoms with Crippen molar-refractivity contribution >= 4 is 30.3 Å². The second-order valence-electron chi connectivity index (χ2n) is 5.02. The average molecular weight is 292 g/mol. The van der Waals surface area contributed by atoms with Crippen molar-refractivity contribution in [3.05, 3.63) is 71.0 Å². The van der Waals surface area contributed by atoms with Crippen molar-refractivity contribution in [2.45, 2.75) is 25.7 Å². The molecule has 0 bridgehead atoms. The van der Waals surface area contributed by atoms with Gasteiger partial charge in [-0.15, -0.1) is 11.8 Å². The monoisotopic (exact) mass is 292 g/mol. The van der Waals surface area contributed by atoms with Gasteiger partial charge in [-0.25, -0.2) is 0 Å². The number of nitrogens with zero attached hydrogens (tertiary/aromatic N) is 1. The summed E-state index contributed by atoms with van der Waals surface area (Å²) in [6, 6.07) is 16.5. The van der Waals surface area contributed by atoms with Gasteiger partial charge < -0.3 is 0 Å². The van der Waals surface area contributed by atoms with E-state index in [-0.39, 0.29) is 0 Å². The molecule has 0 unspecified atom stereocenters. The maximum Gasteiger partial charge on any atom is 0.219 e. The Labute approximate surface area is 132 Å². The Kier molecular flexibility index (Phi) is 5.46.